The standard InChI is InChI=1S/C12H15N3O4/c1-13-12(16)9-2-3-10(11(8-9)15(17)18)14-4-6-19-7-5-14/h2-3,8H,4-7H2,1H3,(H,13,16). The van der Waals surface area contributed by atoms with Gasteiger partial charge < -0.3 is 15.0 Å². The molecule has 0 aliphatic carbocycles. The highest BCUT2D eigenvalue weighted by molar-refractivity contribution is 5.95. The van der Waals surface area contributed by atoms with E-state index >= 15 is 0 Å². The minimum absolute atomic E-state index is 0.0528. The lowest BCUT2D eigenvalue weighted by Gasteiger charge is -2.28. The second-order valence-electron chi connectivity index (χ2n) is 4.14. The molecule has 1 aliphatic rings. The number of anilines is 1. The second-order valence-corrected chi connectivity index (χ2v) is 4.14. The Morgan fingerprint density at radius 3 is 2.68 bits per heavy atom. The molecule has 0 bridgehead atoms. The molecule has 0 atom stereocenters. The van der Waals surface area contributed by atoms with Gasteiger partial charge in [-0.15, -0.1) is 0 Å². The minimum Gasteiger partial charge on any atom is -0.378 e. The Bertz CT molecular complexity index is 498. The molecule has 7 nitrogen and oxygen atoms in total. The lowest BCUT2D eigenvalue weighted by Crippen LogP contribution is -2.36. The van der Waals surface area contributed by atoms with Crippen LogP contribution in [0, 0.1) is 10.1 Å². The first-order valence-corrected chi connectivity index (χ1v) is 5.96. The third-order valence-electron chi connectivity index (χ3n) is 3.01. The fraction of sp³-hybridized carbons (Fsp3) is 0.417. The number of hydrogen-bond donors (Lipinski definition) is 1. The first kappa shape index (κ1) is 13.3. The van der Waals surface area contributed by atoms with Gasteiger partial charge in [-0.05, 0) is 12.1 Å². The number of nitrogens with zero attached hydrogens (tertiary/aromatic N) is 2. The Morgan fingerprint density at radius 1 is 1.42 bits per heavy atom. The Labute approximate surface area is 110 Å². The minimum atomic E-state index is -0.461. The largest absolute Gasteiger partial charge is 0.378 e. The lowest BCUT2D eigenvalue weighted by molar-refractivity contribution is -0.384. The highest BCUT2D eigenvalue weighted by atomic mass is 16.6. The number of hydrogen-bond acceptors (Lipinski definition) is 5. The van der Waals surface area contributed by atoms with Crippen molar-refractivity contribution in [2.24, 2.45) is 0 Å². The monoisotopic (exact) mass is 265 g/mol. The van der Waals surface area contributed by atoms with E-state index in [2.05, 4.69) is 5.32 Å². The number of rotatable bonds is 3. The van der Waals surface area contributed by atoms with E-state index in [0.29, 0.717) is 32.0 Å². The molecule has 1 aromatic rings. The molecule has 0 saturated carbocycles. The summed E-state index contributed by atoms with van der Waals surface area (Å²) in [6.45, 7) is 2.32. The number of ether oxygens (including phenoxy) is 1. The van der Waals surface area contributed by atoms with E-state index in [4.69, 9.17) is 4.74 Å². The summed E-state index contributed by atoms with van der Waals surface area (Å²) in [5.41, 5.74) is 0.759. The van der Waals surface area contributed by atoms with Gasteiger partial charge in [0.25, 0.3) is 11.6 Å². The average molecular weight is 265 g/mol. The number of carbonyl (C=O) groups is 1. The summed E-state index contributed by atoms with van der Waals surface area (Å²) in [6, 6.07) is 4.52. The van der Waals surface area contributed by atoms with Crippen LogP contribution in [0.25, 0.3) is 0 Å². The molecule has 7 heteroatoms. The Hall–Kier alpha value is -2.15. The van der Waals surface area contributed by atoms with E-state index in [1.165, 1.54) is 13.1 Å². The zero-order valence-corrected chi connectivity index (χ0v) is 10.6. The van der Waals surface area contributed by atoms with Gasteiger partial charge in [-0.25, -0.2) is 0 Å². The molecule has 0 unspecified atom stereocenters. The van der Waals surface area contributed by atoms with Crippen molar-refractivity contribution in [2.75, 3.05) is 38.3 Å². The Kier molecular flexibility index (Phi) is 3.96. The molecule has 2 rings (SSSR count). The van der Waals surface area contributed by atoms with Crippen LogP contribution in [0.4, 0.5) is 11.4 Å². The van der Waals surface area contributed by atoms with Gasteiger partial charge in [-0.1, -0.05) is 0 Å². The van der Waals surface area contributed by atoms with E-state index < -0.39 is 4.92 Å². The molecular formula is C12H15N3O4. The Balaban J connectivity index is 2.37. The maximum atomic E-state index is 11.5. The maximum Gasteiger partial charge on any atom is 0.293 e. The van der Waals surface area contributed by atoms with Gasteiger partial charge in [0, 0.05) is 31.8 Å². The molecule has 1 heterocycles. The molecule has 1 fully saturated rings. The van der Waals surface area contributed by atoms with Crippen molar-refractivity contribution in [2.45, 2.75) is 0 Å². The average Bonchev–Trinajstić information content (AvgIpc) is 2.46. The second kappa shape index (κ2) is 5.66. The molecule has 1 N–H and O–H groups in total. The van der Waals surface area contributed by atoms with Crippen LogP contribution in [-0.4, -0.2) is 44.2 Å². The van der Waals surface area contributed by atoms with Crippen molar-refractivity contribution in [3.63, 3.8) is 0 Å². The summed E-state index contributed by atoms with van der Waals surface area (Å²) < 4.78 is 5.23. The number of carbonyl (C=O) groups excluding carboxylic acids is 1. The van der Waals surface area contributed by atoms with E-state index in [9.17, 15) is 14.9 Å². The van der Waals surface area contributed by atoms with Crippen LogP contribution >= 0.6 is 0 Å². The highest BCUT2D eigenvalue weighted by Gasteiger charge is 2.22. The van der Waals surface area contributed by atoms with Crippen LogP contribution in [0.3, 0.4) is 0 Å². The number of amides is 1. The maximum absolute atomic E-state index is 11.5. The van der Waals surface area contributed by atoms with Crippen LogP contribution in [0.5, 0.6) is 0 Å². The number of nitro groups is 1. The van der Waals surface area contributed by atoms with Crippen molar-refractivity contribution >= 4 is 17.3 Å². The number of benzene rings is 1. The summed E-state index contributed by atoms with van der Waals surface area (Å²) in [6.07, 6.45) is 0. The molecule has 1 aromatic carbocycles. The third kappa shape index (κ3) is 2.82. The fourth-order valence-electron chi connectivity index (χ4n) is 2.03. The third-order valence-corrected chi connectivity index (χ3v) is 3.01. The summed E-state index contributed by atoms with van der Waals surface area (Å²) in [5.74, 6) is -0.336. The van der Waals surface area contributed by atoms with Crippen molar-refractivity contribution in [3.8, 4) is 0 Å². The molecular weight excluding hydrogens is 250 g/mol. The fourth-order valence-corrected chi connectivity index (χ4v) is 2.03. The summed E-state index contributed by atoms with van der Waals surface area (Å²) in [4.78, 5) is 24.1. The van der Waals surface area contributed by atoms with E-state index in [0.717, 1.165) is 0 Å². The van der Waals surface area contributed by atoms with Crippen molar-refractivity contribution in [1.82, 2.24) is 5.32 Å². The topological polar surface area (TPSA) is 84.7 Å². The van der Waals surface area contributed by atoms with Gasteiger partial charge in [-0.2, -0.15) is 0 Å². The smallest absolute Gasteiger partial charge is 0.293 e. The van der Waals surface area contributed by atoms with Gasteiger partial charge in [0.1, 0.15) is 5.69 Å². The molecule has 19 heavy (non-hydrogen) atoms. The number of morpholine rings is 1. The molecule has 1 saturated heterocycles. The molecule has 0 spiro atoms. The summed E-state index contributed by atoms with van der Waals surface area (Å²) >= 11 is 0. The normalized spacial score (nSPS) is 15.1. The Morgan fingerprint density at radius 2 is 2.11 bits per heavy atom. The van der Waals surface area contributed by atoms with Crippen molar-refractivity contribution in [3.05, 3.63) is 33.9 Å². The SMILES string of the molecule is CNC(=O)c1ccc(N2CCOCC2)c([N+](=O)[O-])c1. The molecule has 0 aromatic heterocycles. The number of nitro benzene ring substituents is 1. The van der Waals surface area contributed by atoms with Gasteiger partial charge >= 0.3 is 0 Å². The van der Waals surface area contributed by atoms with Gasteiger partial charge in [0.05, 0.1) is 18.1 Å². The molecule has 1 aliphatic heterocycles. The summed E-state index contributed by atoms with van der Waals surface area (Å²) in [5, 5.41) is 13.6. The van der Waals surface area contributed by atoms with E-state index in [1.54, 1.807) is 12.1 Å². The van der Waals surface area contributed by atoms with Crippen LogP contribution < -0.4 is 10.2 Å². The van der Waals surface area contributed by atoms with Gasteiger partial charge in [0.15, 0.2) is 0 Å². The van der Waals surface area contributed by atoms with E-state index in [1.807, 2.05) is 4.90 Å². The van der Waals surface area contributed by atoms with Crippen LogP contribution in [0.1, 0.15) is 10.4 Å². The van der Waals surface area contributed by atoms with Gasteiger partial charge in [-0.3, -0.25) is 14.9 Å². The number of nitrogens with one attached hydrogen (secondary N) is 1. The van der Waals surface area contributed by atoms with Crippen molar-refractivity contribution in [1.29, 1.82) is 0 Å². The summed E-state index contributed by atoms with van der Waals surface area (Å²) in [7, 11) is 1.49. The predicted molar refractivity (Wildman–Crippen MR) is 69.5 cm³/mol. The molecule has 1 amide bonds. The molecule has 0 radical (unpaired) electrons. The predicted octanol–water partition coefficient (Wildman–Crippen LogP) is 0.791. The van der Waals surface area contributed by atoms with Crippen LogP contribution in [-0.2, 0) is 4.74 Å². The van der Waals surface area contributed by atoms with Crippen LogP contribution in [0.2, 0.25) is 0 Å². The van der Waals surface area contributed by atoms with Gasteiger partial charge in [0.2, 0.25) is 0 Å². The van der Waals surface area contributed by atoms with Crippen LogP contribution in [0.15, 0.2) is 18.2 Å². The zero-order valence-electron chi connectivity index (χ0n) is 10.6. The molecule has 102 valence electrons. The van der Waals surface area contributed by atoms with E-state index in [-0.39, 0.29) is 17.2 Å². The first-order chi connectivity index (χ1) is 9.13. The highest BCUT2D eigenvalue weighted by Crippen LogP contribution is 2.29. The zero-order chi connectivity index (χ0) is 13.8. The quantitative estimate of drug-likeness (QED) is 0.645. The lowest BCUT2D eigenvalue weighted by atomic mass is 10.1. The van der Waals surface area contributed by atoms with Crippen molar-refractivity contribution < 1.29 is 14.5 Å². The first-order valence-electron chi connectivity index (χ1n) is 5.96.